The van der Waals surface area contributed by atoms with Crippen LogP contribution >= 0.6 is 23.2 Å². The van der Waals surface area contributed by atoms with E-state index in [1.165, 1.54) is 10.8 Å². The second-order valence-electron chi connectivity index (χ2n) is 6.99. The fraction of sp³-hybridized carbons (Fsp3) is 0.333. The topological polar surface area (TPSA) is 86.1 Å². The summed E-state index contributed by atoms with van der Waals surface area (Å²) in [6.07, 6.45) is 2.19. The first kappa shape index (κ1) is 22.1. The second kappa shape index (κ2) is 9.91. The number of hydrogen-bond donors (Lipinski definition) is 1. The number of nitrogens with one attached hydrogen (secondary N) is 1. The van der Waals surface area contributed by atoms with E-state index in [1.54, 1.807) is 30.3 Å². The molecule has 1 amide bonds. The van der Waals surface area contributed by atoms with Gasteiger partial charge in [0.25, 0.3) is 5.56 Å². The minimum Gasteiger partial charge on any atom is -0.492 e. The number of halogens is 2. The molecule has 0 aliphatic carbocycles. The highest BCUT2D eigenvalue weighted by atomic mass is 35.5. The molecule has 0 saturated carbocycles. The number of pyridine rings is 1. The van der Waals surface area contributed by atoms with Crippen LogP contribution in [0.4, 0.5) is 0 Å². The van der Waals surface area contributed by atoms with Gasteiger partial charge in [0.1, 0.15) is 18.1 Å². The van der Waals surface area contributed by atoms with Crippen LogP contribution in [-0.4, -0.2) is 39.0 Å². The molecule has 158 valence electrons. The Morgan fingerprint density at radius 3 is 2.80 bits per heavy atom. The fourth-order valence-corrected chi connectivity index (χ4v) is 3.22. The summed E-state index contributed by atoms with van der Waals surface area (Å²) in [6, 6.07) is 8.48. The Morgan fingerprint density at radius 1 is 1.30 bits per heavy atom. The maximum Gasteiger partial charge on any atom is 0.263 e. The van der Waals surface area contributed by atoms with Crippen LogP contribution in [-0.2, 0) is 11.3 Å². The van der Waals surface area contributed by atoms with Crippen molar-refractivity contribution in [1.29, 1.82) is 0 Å². The number of nitrogens with zero attached hydrogens (tertiary/aromatic N) is 3. The van der Waals surface area contributed by atoms with E-state index in [0.29, 0.717) is 41.1 Å². The monoisotopic (exact) mass is 448 g/mol. The smallest absolute Gasteiger partial charge is 0.263 e. The van der Waals surface area contributed by atoms with Crippen molar-refractivity contribution in [2.24, 2.45) is 0 Å². The van der Waals surface area contributed by atoms with E-state index < -0.39 is 0 Å². The van der Waals surface area contributed by atoms with Gasteiger partial charge in [-0.3, -0.25) is 14.2 Å². The third-order valence-corrected chi connectivity index (χ3v) is 4.67. The lowest BCUT2D eigenvalue weighted by molar-refractivity contribution is -0.122. The Kier molecular flexibility index (Phi) is 7.29. The number of ether oxygens (including phenoxy) is 1. The van der Waals surface area contributed by atoms with Crippen LogP contribution in [0.15, 0.2) is 41.3 Å². The molecule has 1 aromatic carbocycles. The molecule has 0 atom stereocenters. The molecule has 0 radical (unpaired) electrons. The predicted octanol–water partition coefficient (Wildman–Crippen LogP) is 3.64. The Bertz CT molecular complexity index is 1120. The molecular weight excluding hydrogens is 427 g/mol. The van der Waals surface area contributed by atoms with Crippen LogP contribution in [0.3, 0.4) is 0 Å². The van der Waals surface area contributed by atoms with Gasteiger partial charge in [0.15, 0.2) is 5.65 Å². The number of carbonyl (C=O) groups is 1. The summed E-state index contributed by atoms with van der Waals surface area (Å²) in [5.74, 6) is 0.944. The number of rotatable bonds is 8. The first-order valence-corrected chi connectivity index (χ1v) is 10.4. The van der Waals surface area contributed by atoms with E-state index in [4.69, 9.17) is 27.9 Å². The van der Waals surface area contributed by atoms with E-state index in [0.717, 1.165) is 0 Å². The van der Waals surface area contributed by atoms with E-state index in [1.807, 2.05) is 13.8 Å². The summed E-state index contributed by atoms with van der Waals surface area (Å²) >= 11 is 11.8. The number of alkyl halides is 1. The zero-order valence-corrected chi connectivity index (χ0v) is 18.2. The third kappa shape index (κ3) is 5.29. The molecule has 0 unspecified atom stereocenters. The van der Waals surface area contributed by atoms with Crippen molar-refractivity contribution in [3.63, 3.8) is 0 Å². The van der Waals surface area contributed by atoms with Crippen molar-refractivity contribution in [2.75, 3.05) is 12.5 Å². The number of carbonyl (C=O) groups excluding carboxylic acids is 1. The minimum atomic E-state index is -0.385. The van der Waals surface area contributed by atoms with Gasteiger partial charge in [-0.15, -0.1) is 11.6 Å². The molecule has 2 heterocycles. The van der Waals surface area contributed by atoms with Crippen molar-refractivity contribution in [3.05, 3.63) is 51.9 Å². The lowest BCUT2D eigenvalue weighted by Gasteiger charge is -2.15. The Balaban J connectivity index is 2.13. The van der Waals surface area contributed by atoms with Gasteiger partial charge in [-0.05, 0) is 38.5 Å². The number of benzene rings is 1. The van der Waals surface area contributed by atoms with Crippen molar-refractivity contribution in [2.45, 2.75) is 32.9 Å². The molecule has 1 N–H and O–H groups in total. The van der Waals surface area contributed by atoms with Gasteiger partial charge >= 0.3 is 0 Å². The highest BCUT2D eigenvalue weighted by Crippen LogP contribution is 2.23. The number of amides is 1. The average molecular weight is 449 g/mol. The molecular formula is C21H22Cl2N4O3. The summed E-state index contributed by atoms with van der Waals surface area (Å²) < 4.78 is 6.92. The van der Waals surface area contributed by atoms with Crippen molar-refractivity contribution >= 4 is 40.1 Å². The van der Waals surface area contributed by atoms with Crippen LogP contribution in [0.25, 0.3) is 22.4 Å². The Labute approximate surface area is 184 Å². The molecule has 7 nitrogen and oxygen atoms in total. The summed E-state index contributed by atoms with van der Waals surface area (Å²) in [4.78, 5) is 34.6. The molecule has 0 aliphatic rings. The molecule has 0 fully saturated rings. The van der Waals surface area contributed by atoms with Gasteiger partial charge in [0.2, 0.25) is 5.91 Å². The van der Waals surface area contributed by atoms with E-state index in [2.05, 4.69) is 15.3 Å². The largest absolute Gasteiger partial charge is 0.492 e. The minimum absolute atomic E-state index is 0.0557. The van der Waals surface area contributed by atoms with Crippen LogP contribution in [0.5, 0.6) is 5.75 Å². The number of hydrogen-bond acceptors (Lipinski definition) is 5. The van der Waals surface area contributed by atoms with Gasteiger partial charge in [-0.25, -0.2) is 9.97 Å². The fourth-order valence-electron chi connectivity index (χ4n) is 2.92. The molecule has 3 rings (SSSR count). The molecule has 0 bridgehead atoms. The van der Waals surface area contributed by atoms with Crippen molar-refractivity contribution in [3.8, 4) is 17.1 Å². The van der Waals surface area contributed by atoms with E-state index >= 15 is 0 Å². The van der Waals surface area contributed by atoms with Crippen molar-refractivity contribution < 1.29 is 9.53 Å². The zero-order chi connectivity index (χ0) is 21.7. The molecule has 2 aromatic heterocycles. The van der Waals surface area contributed by atoms with Gasteiger partial charge in [0, 0.05) is 22.5 Å². The predicted molar refractivity (Wildman–Crippen MR) is 118 cm³/mol. The first-order valence-electron chi connectivity index (χ1n) is 9.53. The van der Waals surface area contributed by atoms with Crippen LogP contribution in [0, 0.1) is 0 Å². The van der Waals surface area contributed by atoms with Crippen LogP contribution < -0.4 is 15.6 Å². The number of fused-ring (bicyclic) bond motifs is 1. The SMILES string of the molecule is CC(C)NC(=O)Cn1c(-c2cccc(Cl)c2)nc2ncc(OCCCCl)cc2c1=O. The second-order valence-corrected chi connectivity index (χ2v) is 7.81. The molecule has 9 heteroatoms. The third-order valence-electron chi connectivity index (χ3n) is 4.17. The molecule has 3 aromatic rings. The molecule has 0 spiro atoms. The normalized spacial score (nSPS) is 11.1. The Hall–Kier alpha value is -2.64. The standard InChI is InChI=1S/C21H22Cl2N4O3/c1-13(2)25-18(28)12-27-20(14-5-3-6-15(23)9-14)26-19-17(21(27)29)10-16(11-24-19)30-8-4-7-22/h3,5-6,9-11,13H,4,7-8,12H2,1-2H3,(H,25,28). The van der Waals surface area contributed by atoms with Gasteiger partial charge in [-0.1, -0.05) is 23.7 Å². The van der Waals surface area contributed by atoms with E-state index in [-0.39, 0.29) is 35.1 Å². The first-order chi connectivity index (χ1) is 14.4. The quantitative estimate of drug-likeness (QED) is 0.419. The molecule has 30 heavy (non-hydrogen) atoms. The number of aromatic nitrogens is 3. The summed E-state index contributed by atoms with van der Waals surface area (Å²) in [6.45, 7) is 3.94. The van der Waals surface area contributed by atoms with Crippen molar-refractivity contribution in [1.82, 2.24) is 19.9 Å². The maximum atomic E-state index is 13.3. The highest BCUT2D eigenvalue weighted by Gasteiger charge is 2.17. The summed E-state index contributed by atoms with van der Waals surface area (Å²) in [5, 5.41) is 3.56. The van der Waals surface area contributed by atoms with E-state index in [9.17, 15) is 9.59 Å². The summed E-state index contributed by atoms with van der Waals surface area (Å²) in [5.41, 5.74) is 0.493. The zero-order valence-electron chi connectivity index (χ0n) is 16.7. The highest BCUT2D eigenvalue weighted by molar-refractivity contribution is 6.30. The maximum absolute atomic E-state index is 13.3. The average Bonchev–Trinajstić information content (AvgIpc) is 2.70. The van der Waals surface area contributed by atoms with Gasteiger partial charge < -0.3 is 10.1 Å². The lowest BCUT2D eigenvalue weighted by Crippen LogP contribution is -2.37. The van der Waals surface area contributed by atoms with Crippen LogP contribution in [0.2, 0.25) is 5.02 Å². The molecule has 0 saturated heterocycles. The Morgan fingerprint density at radius 2 is 2.10 bits per heavy atom. The molecule has 0 aliphatic heterocycles. The van der Waals surface area contributed by atoms with Gasteiger partial charge in [-0.2, -0.15) is 0 Å². The van der Waals surface area contributed by atoms with Crippen LogP contribution in [0.1, 0.15) is 20.3 Å². The summed E-state index contributed by atoms with van der Waals surface area (Å²) in [7, 11) is 0. The lowest BCUT2D eigenvalue weighted by atomic mass is 10.2. The van der Waals surface area contributed by atoms with Gasteiger partial charge in [0.05, 0.1) is 18.2 Å².